The van der Waals surface area contributed by atoms with Crippen LogP contribution in [0.4, 0.5) is 0 Å². The maximum Gasteiger partial charge on any atom is 0.103 e. The summed E-state index contributed by atoms with van der Waals surface area (Å²) in [7, 11) is 0. The fourth-order valence-electron chi connectivity index (χ4n) is 2.15. The monoisotopic (exact) mass is 206 g/mol. The molecule has 84 valence electrons. The van der Waals surface area contributed by atoms with Gasteiger partial charge in [0.05, 0.1) is 0 Å². The van der Waals surface area contributed by atoms with Crippen LogP contribution in [0.5, 0.6) is 0 Å². The Morgan fingerprint density at radius 2 is 1.93 bits per heavy atom. The fraction of sp³-hybridized carbons (Fsp3) is 0.538. The summed E-state index contributed by atoms with van der Waals surface area (Å²) < 4.78 is 0. The van der Waals surface area contributed by atoms with Gasteiger partial charge in [0.25, 0.3) is 0 Å². The summed E-state index contributed by atoms with van der Waals surface area (Å²) in [6.07, 6.45) is 10.1. The van der Waals surface area contributed by atoms with Crippen LogP contribution in [0.15, 0.2) is 36.8 Å². The lowest BCUT2D eigenvalue weighted by Gasteiger charge is -2.33. The predicted molar refractivity (Wildman–Crippen MR) is 66.0 cm³/mol. The molecule has 0 unspecified atom stereocenters. The molecule has 1 aliphatic rings. The minimum Gasteiger partial charge on any atom is -0.385 e. The van der Waals surface area contributed by atoms with Crippen molar-refractivity contribution < 1.29 is 0 Å². The second-order valence-corrected chi connectivity index (χ2v) is 4.30. The number of rotatable bonds is 4. The third kappa shape index (κ3) is 3.46. The van der Waals surface area contributed by atoms with E-state index < -0.39 is 0 Å². The molecule has 0 aromatic carbocycles. The highest BCUT2D eigenvalue weighted by Crippen LogP contribution is 2.24. The highest BCUT2D eigenvalue weighted by atomic mass is 15.2. The summed E-state index contributed by atoms with van der Waals surface area (Å²) in [4.78, 5) is 2.09. The van der Waals surface area contributed by atoms with Crippen molar-refractivity contribution in [1.29, 1.82) is 0 Å². The van der Waals surface area contributed by atoms with Gasteiger partial charge in [-0.2, -0.15) is 0 Å². The Hall–Kier alpha value is -1.18. The van der Waals surface area contributed by atoms with Crippen LogP contribution in [0.1, 0.15) is 39.0 Å². The first-order valence-electron chi connectivity index (χ1n) is 5.68. The van der Waals surface area contributed by atoms with Gasteiger partial charge < -0.3 is 10.6 Å². The van der Waals surface area contributed by atoms with Gasteiger partial charge in [-0.15, -0.1) is 0 Å². The number of hydrogen-bond donors (Lipinski definition) is 1. The van der Waals surface area contributed by atoms with Crippen molar-refractivity contribution in [3.05, 3.63) is 36.8 Å². The maximum atomic E-state index is 6.02. The van der Waals surface area contributed by atoms with Crippen molar-refractivity contribution in [3.8, 4) is 0 Å². The first-order valence-corrected chi connectivity index (χ1v) is 5.68. The molecule has 0 aromatic rings. The fourth-order valence-corrected chi connectivity index (χ4v) is 2.15. The van der Waals surface area contributed by atoms with Crippen molar-refractivity contribution in [1.82, 2.24) is 4.90 Å². The molecule has 1 fully saturated rings. The smallest absolute Gasteiger partial charge is 0.103 e. The Morgan fingerprint density at radius 3 is 2.40 bits per heavy atom. The quantitative estimate of drug-likeness (QED) is 0.716. The predicted octanol–water partition coefficient (Wildman–Crippen LogP) is 3.14. The lowest BCUT2D eigenvalue weighted by Crippen LogP contribution is -2.34. The van der Waals surface area contributed by atoms with E-state index in [1.807, 2.05) is 19.2 Å². The average Bonchev–Trinajstić information content (AvgIpc) is 2.19. The summed E-state index contributed by atoms with van der Waals surface area (Å²) in [5.74, 6) is 0.768. The lowest BCUT2D eigenvalue weighted by atomic mass is 9.94. The Kier molecular flexibility index (Phi) is 4.47. The van der Waals surface area contributed by atoms with E-state index in [-0.39, 0.29) is 0 Å². The molecular weight excluding hydrogens is 184 g/mol. The van der Waals surface area contributed by atoms with Crippen molar-refractivity contribution >= 4 is 0 Å². The standard InChI is InChI=1S/C13H22N2/c1-4-15(13(14)10-11(2)3)12-8-6-5-7-9-12/h4,10,12H,1-2,5-9,14H2,3H3/b13-10-. The van der Waals surface area contributed by atoms with Gasteiger partial charge in [0.2, 0.25) is 0 Å². The number of allylic oxidation sites excluding steroid dienone is 2. The topological polar surface area (TPSA) is 29.3 Å². The Balaban J connectivity index is 2.68. The van der Waals surface area contributed by atoms with E-state index in [1.54, 1.807) is 0 Å². The molecule has 0 radical (unpaired) electrons. The van der Waals surface area contributed by atoms with E-state index >= 15 is 0 Å². The molecule has 2 heteroatoms. The van der Waals surface area contributed by atoms with Crippen LogP contribution < -0.4 is 5.73 Å². The zero-order chi connectivity index (χ0) is 11.3. The van der Waals surface area contributed by atoms with E-state index in [4.69, 9.17) is 5.73 Å². The summed E-state index contributed by atoms with van der Waals surface area (Å²) in [5, 5.41) is 0. The molecule has 0 aliphatic heterocycles. The van der Waals surface area contributed by atoms with Gasteiger partial charge in [-0.05, 0) is 32.0 Å². The first-order chi connectivity index (χ1) is 7.15. The van der Waals surface area contributed by atoms with Crippen LogP contribution in [0.2, 0.25) is 0 Å². The molecule has 1 aliphatic carbocycles. The minimum absolute atomic E-state index is 0.534. The van der Waals surface area contributed by atoms with E-state index in [9.17, 15) is 0 Å². The molecule has 0 aromatic heterocycles. The summed E-state index contributed by atoms with van der Waals surface area (Å²) in [5.41, 5.74) is 7.00. The largest absolute Gasteiger partial charge is 0.385 e. The van der Waals surface area contributed by atoms with Crippen molar-refractivity contribution in [2.75, 3.05) is 0 Å². The van der Waals surface area contributed by atoms with Crippen LogP contribution in [0.25, 0.3) is 0 Å². The zero-order valence-corrected chi connectivity index (χ0v) is 9.71. The Morgan fingerprint density at radius 1 is 1.33 bits per heavy atom. The summed E-state index contributed by atoms with van der Waals surface area (Å²) >= 11 is 0. The van der Waals surface area contributed by atoms with Crippen LogP contribution >= 0.6 is 0 Å². The molecule has 2 N–H and O–H groups in total. The Labute approximate surface area is 93.1 Å². The SMILES string of the molecule is C=CN(/C(N)=C\C(=C)C)C1CCCCC1. The summed E-state index contributed by atoms with van der Waals surface area (Å²) in [6, 6.07) is 0.534. The van der Waals surface area contributed by atoms with E-state index in [1.165, 1.54) is 32.1 Å². The van der Waals surface area contributed by atoms with Gasteiger partial charge in [-0.3, -0.25) is 0 Å². The van der Waals surface area contributed by atoms with Gasteiger partial charge in [-0.25, -0.2) is 0 Å². The van der Waals surface area contributed by atoms with E-state index in [0.29, 0.717) is 6.04 Å². The molecule has 0 saturated heterocycles. The minimum atomic E-state index is 0.534. The van der Waals surface area contributed by atoms with Crippen LogP contribution in [-0.2, 0) is 0 Å². The number of nitrogens with two attached hydrogens (primary N) is 1. The normalized spacial score (nSPS) is 18.6. The van der Waals surface area contributed by atoms with E-state index in [2.05, 4.69) is 18.1 Å². The van der Waals surface area contributed by atoms with E-state index in [0.717, 1.165) is 11.4 Å². The molecule has 0 atom stereocenters. The van der Waals surface area contributed by atoms with Gasteiger partial charge >= 0.3 is 0 Å². The number of hydrogen-bond acceptors (Lipinski definition) is 2. The second-order valence-electron chi connectivity index (χ2n) is 4.30. The summed E-state index contributed by atoms with van der Waals surface area (Å²) in [6.45, 7) is 9.63. The van der Waals surface area contributed by atoms with Crippen molar-refractivity contribution in [2.24, 2.45) is 5.73 Å². The average molecular weight is 206 g/mol. The highest BCUT2D eigenvalue weighted by molar-refractivity contribution is 5.17. The molecule has 1 saturated carbocycles. The number of nitrogens with zero attached hydrogens (tertiary/aromatic N) is 1. The second kappa shape index (κ2) is 5.64. The van der Waals surface area contributed by atoms with Crippen molar-refractivity contribution in [3.63, 3.8) is 0 Å². The molecule has 15 heavy (non-hydrogen) atoms. The maximum absolute atomic E-state index is 6.02. The van der Waals surface area contributed by atoms with Crippen molar-refractivity contribution in [2.45, 2.75) is 45.1 Å². The molecule has 0 heterocycles. The molecule has 0 bridgehead atoms. The van der Waals surface area contributed by atoms with Gasteiger partial charge in [-0.1, -0.05) is 38.0 Å². The third-order valence-corrected chi connectivity index (χ3v) is 2.86. The zero-order valence-electron chi connectivity index (χ0n) is 9.71. The molecular formula is C13H22N2. The molecule has 2 nitrogen and oxygen atoms in total. The van der Waals surface area contributed by atoms with Gasteiger partial charge in [0, 0.05) is 6.04 Å². The van der Waals surface area contributed by atoms with Crippen LogP contribution in [0.3, 0.4) is 0 Å². The van der Waals surface area contributed by atoms with Crippen LogP contribution in [0, 0.1) is 0 Å². The first kappa shape index (κ1) is 11.9. The molecule has 0 amide bonds. The lowest BCUT2D eigenvalue weighted by molar-refractivity contribution is 0.259. The van der Waals surface area contributed by atoms with Crippen LogP contribution in [-0.4, -0.2) is 10.9 Å². The van der Waals surface area contributed by atoms with Gasteiger partial charge in [0.1, 0.15) is 5.82 Å². The van der Waals surface area contributed by atoms with Gasteiger partial charge in [0.15, 0.2) is 0 Å². The highest BCUT2D eigenvalue weighted by Gasteiger charge is 2.19. The Bertz CT molecular complexity index is 260. The molecule has 0 spiro atoms. The third-order valence-electron chi connectivity index (χ3n) is 2.86. The molecule has 1 rings (SSSR count).